The van der Waals surface area contributed by atoms with E-state index in [0.717, 1.165) is 37.6 Å². The topological polar surface area (TPSA) is 15.3 Å². The van der Waals surface area contributed by atoms with Gasteiger partial charge in [-0.1, -0.05) is 38.8 Å². The van der Waals surface area contributed by atoms with Gasteiger partial charge in [-0.25, -0.2) is 0 Å². The van der Waals surface area contributed by atoms with Gasteiger partial charge in [0.2, 0.25) is 0 Å². The number of benzene rings is 1. The van der Waals surface area contributed by atoms with Crippen molar-refractivity contribution in [2.24, 2.45) is 5.41 Å². The molecule has 0 unspecified atom stereocenters. The van der Waals surface area contributed by atoms with Crippen LogP contribution in [0.3, 0.4) is 0 Å². The Morgan fingerprint density at radius 2 is 1.95 bits per heavy atom. The van der Waals surface area contributed by atoms with Gasteiger partial charge >= 0.3 is 0 Å². The molecule has 2 nitrogen and oxygen atoms in total. The number of anilines is 1. The minimum absolute atomic E-state index is 0.531. The van der Waals surface area contributed by atoms with Gasteiger partial charge in [0.25, 0.3) is 0 Å². The molecule has 21 heavy (non-hydrogen) atoms. The molecule has 1 aromatic rings. The van der Waals surface area contributed by atoms with Crippen molar-refractivity contribution in [3.63, 3.8) is 0 Å². The summed E-state index contributed by atoms with van der Waals surface area (Å²) < 4.78 is 0. The molecule has 2 rings (SSSR count). The summed E-state index contributed by atoms with van der Waals surface area (Å²) in [7, 11) is 0. The first-order valence-electron chi connectivity index (χ1n) is 8.32. The number of piperidine rings is 1. The van der Waals surface area contributed by atoms with Crippen LogP contribution in [0.1, 0.15) is 52.0 Å². The van der Waals surface area contributed by atoms with Gasteiger partial charge in [-0.2, -0.15) is 0 Å². The molecule has 0 aliphatic carbocycles. The van der Waals surface area contributed by atoms with Crippen LogP contribution in [0.25, 0.3) is 0 Å². The van der Waals surface area contributed by atoms with E-state index in [9.17, 15) is 0 Å². The van der Waals surface area contributed by atoms with Crippen molar-refractivity contribution < 1.29 is 0 Å². The van der Waals surface area contributed by atoms with Gasteiger partial charge < -0.3 is 10.2 Å². The molecule has 0 bridgehead atoms. The van der Waals surface area contributed by atoms with Crippen LogP contribution in [0.5, 0.6) is 0 Å². The number of halogens is 1. The van der Waals surface area contributed by atoms with Crippen molar-refractivity contribution >= 4 is 17.3 Å². The molecule has 0 amide bonds. The van der Waals surface area contributed by atoms with Crippen molar-refractivity contribution in [1.29, 1.82) is 0 Å². The van der Waals surface area contributed by atoms with E-state index in [1.807, 2.05) is 6.07 Å². The van der Waals surface area contributed by atoms with E-state index in [1.54, 1.807) is 0 Å². The lowest BCUT2D eigenvalue weighted by atomic mass is 9.78. The Hall–Kier alpha value is -0.730. The monoisotopic (exact) mass is 308 g/mol. The van der Waals surface area contributed by atoms with E-state index in [0.29, 0.717) is 5.41 Å². The summed E-state index contributed by atoms with van der Waals surface area (Å²) in [5.74, 6) is 0. The lowest BCUT2D eigenvalue weighted by molar-refractivity contribution is 0.238. The van der Waals surface area contributed by atoms with Crippen LogP contribution >= 0.6 is 11.6 Å². The van der Waals surface area contributed by atoms with Crippen molar-refractivity contribution in [3.8, 4) is 0 Å². The van der Waals surface area contributed by atoms with Crippen molar-refractivity contribution in [2.75, 3.05) is 24.5 Å². The van der Waals surface area contributed by atoms with E-state index in [-0.39, 0.29) is 0 Å². The van der Waals surface area contributed by atoms with E-state index >= 15 is 0 Å². The molecule has 1 aliphatic rings. The second-order valence-corrected chi connectivity index (χ2v) is 7.04. The largest absolute Gasteiger partial charge is 0.371 e. The molecule has 0 atom stereocenters. The number of nitrogens with zero attached hydrogens (tertiary/aromatic N) is 1. The Morgan fingerprint density at radius 1 is 1.24 bits per heavy atom. The highest BCUT2D eigenvalue weighted by Crippen LogP contribution is 2.36. The molecular formula is C18H29ClN2. The Bertz CT molecular complexity index is 451. The van der Waals surface area contributed by atoms with Crippen LogP contribution in [0, 0.1) is 5.41 Å². The highest BCUT2D eigenvalue weighted by molar-refractivity contribution is 6.30. The van der Waals surface area contributed by atoms with Crippen LogP contribution in [-0.4, -0.2) is 19.6 Å². The van der Waals surface area contributed by atoms with Gasteiger partial charge in [0.05, 0.1) is 0 Å². The molecule has 1 heterocycles. The molecule has 0 aromatic heterocycles. The van der Waals surface area contributed by atoms with Gasteiger partial charge in [-0.15, -0.1) is 0 Å². The SMILES string of the molecule is CCCNCc1cc(Cl)ccc1N1CCC(C)(CC)CC1. The van der Waals surface area contributed by atoms with Crippen LogP contribution in [0.4, 0.5) is 5.69 Å². The molecule has 1 fully saturated rings. The molecule has 0 saturated carbocycles. The fourth-order valence-corrected chi connectivity index (χ4v) is 3.24. The molecule has 118 valence electrons. The molecule has 1 aromatic carbocycles. The summed E-state index contributed by atoms with van der Waals surface area (Å²) in [5, 5.41) is 4.34. The van der Waals surface area contributed by atoms with E-state index < -0.39 is 0 Å². The fourth-order valence-electron chi connectivity index (χ4n) is 3.05. The molecule has 0 spiro atoms. The standard InChI is InChI=1S/C18H29ClN2/c1-4-10-20-14-15-13-16(19)6-7-17(15)21-11-8-18(3,5-2)9-12-21/h6-7,13,20H,4-5,8-12,14H2,1-3H3. The van der Waals surface area contributed by atoms with Crippen molar-refractivity contribution in [3.05, 3.63) is 28.8 Å². The van der Waals surface area contributed by atoms with E-state index in [1.165, 1.54) is 30.5 Å². The normalized spacial score (nSPS) is 18.0. The van der Waals surface area contributed by atoms with Crippen molar-refractivity contribution in [2.45, 2.75) is 53.0 Å². The van der Waals surface area contributed by atoms with Crippen molar-refractivity contribution in [1.82, 2.24) is 5.32 Å². The smallest absolute Gasteiger partial charge is 0.0412 e. The highest BCUT2D eigenvalue weighted by Gasteiger charge is 2.28. The van der Waals surface area contributed by atoms with Crippen LogP contribution in [0.15, 0.2) is 18.2 Å². The highest BCUT2D eigenvalue weighted by atomic mass is 35.5. The molecular weight excluding hydrogens is 280 g/mol. The summed E-state index contributed by atoms with van der Waals surface area (Å²) >= 11 is 6.19. The molecule has 3 heteroatoms. The Labute approximate surface area is 134 Å². The Balaban J connectivity index is 2.08. The van der Waals surface area contributed by atoms with Crippen LogP contribution in [0.2, 0.25) is 5.02 Å². The summed E-state index contributed by atoms with van der Waals surface area (Å²) in [6.07, 6.45) is 5.02. The third-order valence-electron chi connectivity index (χ3n) is 4.95. The van der Waals surface area contributed by atoms with Gasteiger partial charge in [0.15, 0.2) is 0 Å². The lowest BCUT2D eigenvalue weighted by Crippen LogP contribution is -2.39. The summed E-state index contributed by atoms with van der Waals surface area (Å²) in [5.41, 5.74) is 3.22. The number of nitrogens with one attached hydrogen (secondary N) is 1. The maximum absolute atomic E-state index is 6.19. The van der Waals surface area contributed by atoms with E-state index in [4.69, 9.17) is 11.6 Å². The second-order valence-electron chi connectivity index (χ2n) is 6.60. The fraction of sp³-hybridized carbons (Fsp3) is 0.667. The van der Waals surface area contributed by atoms with E-state index in [2.05, 4.69) is 43.1 Å². The van der Waals surface area contributed by atoms with Gasteiger partial charge in [-0.3, -0.25) is 0 Å². The minimum Gasteiger partial charge on any atom is -0.371 e. The Morgan fingerprint density at radius 3 is 2.57 bits per heavy atom. The zero-order valence-electron chi connectivity index (χ0n) is 13.7. The summed E-state index contributed by atoms with van der Waals surface area (Å²) in [6, 6.07) is 6.33. The third kappa shape index (κ3) is 4.37. The molecule has 1 saturated heterocycles. The minimum atomic E-state index is 0.531. The molecule has 0 radical (unpaired) electrons. The zero-order valence-corrected chi connectivity index (χ0v) is 14.5. The molecule has 1 aliphatic heterocycles. The first kappa shape index (κ1) is 16.6. The average Bonchev–Trinajstić information content (AvgIpc) is 2.49. The zero-order chi connectivity index (χ0) is 15.3. The van der Waals surface area contributed by atoms with Crippen LogP contribution in [-0.2, 0) is 6.54 Å². The first-order valence-corrected chi connectivity index (χ1v) is 8.70. The molecule has 1 N–H and O–H groups in total. The second kappa shape index (κ2) is 7.51. The first-order chi connectivity index (χ1) is 10.1. The van der Waals surface area contributed by atoms with Crippen LogP contribution < -0.4 is 10.2 Å². The lowest BCUT2D eigenvalue weighted by Gasteiger charge is -2.40. The average molecular weight is 309 g/mol. The summed E-state index contributed by atoms with van der Waals surface area (Å²) in [6.45, 7) is 11.2. The third-order valence-corrected chi connectivity index (χ3v) is 5.18. The number of rotatable bonds is 6. The number of hydrogen-bond acceptors (Lipinski definition) is 2. The van der Waals surface area contributed by atoms with Gasteiger partial charge in [0, 0.05) is 30.3 Å². The maximum atomic E-state index is 6.19. The predicted octanol–water partition coefficient (Wildman–Crippen LogP) is 4.86. The van der Waals surface area contributed by atoms with Gasteiger partial charge in [-0.05, 0) is 55.0 Å². The summed E-state index contributed by atoms with van der Waals surface area (Å²) in [4.78, 5) is 2.54. The van der Waals surface area contributed by atoms with Gasteiger partial charge in [0.1, 0.15) is 0 Å². The predicted molar refractivity (Wildman–Crippen MR) is 93.3 cm³/mol. The quantitative estimate of drug-likeness (QED) is 0.755. The number of hydrogen-bond donors (Lipinski definition) is 1. The Kier molecular flexibility index (Phi) is 5.95. The maximum Gasteiger partial charge on any atom is 0.0412 e.